The number of carbonyl (C=O) groups is 3. The van der Waals surface area contributed by atoms with Gasteiger partial charge in [-0.2, -0.15) is 0 Å². The second kappa shape index (κ2) is 12.8. The maximum Gasteiger partial charge on any atom is 0.307 e. The molecular weight excluding hydrogens is 494 g/mol. The van der Waals surface area contributed by atoms with Crippen LogP contribution in [-0.4, -0.2) is 39.4 Å². The van der Waals surface area contributed by atoms with Gasteiger partial charge in [0.2, 0.25) is 10.0 Å². The Morgan fingerprint density at radius 3 is 2.35 bits per heavy atom. The minimum Gasteiger partial charge on any atom is -0.456 e. The summed E-state index contributed by atoms with van der Waals surface area (Å²) < 4.78 is 31.9. The van der Waals surface area contributed by atoms with Crippen molar-refractivity contribution in [2.24, 2.45) is 0 Å². The zero-order valence-electron chi connectivity index (χ0n) is 20.6. The second-order valence-electron chi connectivity index (χ2n) is 8.32. The Labute approximate surface area is 216 Å². The first kappa shape index (κ1) is 27.6. The van der Waals surface area contributed by atoms with Gasteiger partial charge in [-0.05, 0) is 49.2 Å². The Kier molecular flexibility index (Phi) is 9.53. The molecule has 3 rings (SSSR count). The summed E-state index contributed by atoms with van der Waals surface area (Å²) in [5.41, 5.74) is 2.26. The van der Waals surface area contributed by atoms with Gasteiger partial charge in [0.1, 0.15) is 0 Å². The molecule has 3 N–H and O–H groups in total. The van der Waals surface area contributed by atoms with E-state index in [1.165, 1.54) is 12.1 Å². The fourth-order valence-electron chi connectivity index (χ4n) is 3.45. The minimum atomic E-state index is -3.76. The van der Waals surface area contributed by atoms with Crippen LogP contribution >= 0.6 is 0 Å². The predicted octanol–water partition coefficient (Wildman–Crippen LogP) is 3.34. The average Bonchev–Trinajstić information content (AvgIpc) is 2.88. The average molecular weight is 524 g/mol. The smallest absolute Gasteiger partial charge is 0.307 e. The molecule has 10 heteroatoms. The number of nitrogens with one attached hydrogen (secondary N) is 3. The lowest BCUT2D eigenvalue weighted by molar-refractivity contribution is -0.147. The van der Waals surface area contributed by atoms with Crippen molar-refractivity contribution in [3.63, 3.8) is 0 Å². The number of amides is 2. The van der Waals surface area contributed by atoms with Gasteiger partial charge in [0.05, 0.1) is 28.6 Å². The highest BCUT2D eigenvalue weighted by molar-refractivity contribution is 7.89. The van der Waals surface area contributed by atoms with Crippen molar-refractivity contribution < 1.29 is 27.5 Å². The van der Waals surface area contributed by atoms with E-state index in [-0.39, 0.29) is 41.1 Å². The molecule has 3 aromatic carbocycles. The fourth-order valence-corrected chi connectivity index (χ4v) is 4.58. The van der Waals surface area contributed by atoms with E-state index in [2.05, 4.69) is 15.4 Å². The molecule has 0 aliphatic heterocycles. The van der Waals surface area contributed by atoms with Gasteiger partial charge in [-0.15, -0.1) is 0 Å². The van der Waals surface area contributed by atoms with Crippen molar-refractivity contribution in [1.82, 2.24) is 10.0 Å². The van der Waals surface area contributed by atoms with E-state index in [1.807, 2.05) is 37.3 Å². The van der Waals surface area contributed by atoms with Gasteiger partial charge in [-0.25, -0.2) is 13.1 Å². The summed E-state index contributed by atoms with van der Waals surface area (Å²) in [7, 11) is -3.76. The number of anilines is 1. The molecule has 0 bridgehead atoms. The number of hydrogen-bond donors (Lipinski definition) is 3. The van der Waals surface area contributed by atoms with Crippen LogP contribution in [0.4, 0.5) is 5.69 Å². The van der Waals surface area contributed by atoms with Crippen LogP contribution in [0.5, 0.6) is 0 Å². The Balaban J connectivity index is 1.48. The normalized spacial score (nSPS) is 11.8. The lowest BCUT2D eigenvalue weighted by atomic mass is 10.1. The monoisotopic (exact) mass is 523 g/mol. The van der Waals surface area contributed by atoms with Crippen molar-refractivity contribution >= 4 is 33.5 Å². The maximum absolute atomic E-state index is 12.8. The van der Waals surface area contributed by atoms with Crippen LogP contribution in [0, 0.1) is 6.92 Å². The van der Waals surface area contributed by atoms with Gasteiger partial charge in [-0.3, -0.25) is 14.4 Å². The predicted molar refractivity (Wildman–Crippen MR) is 139 cm³/mol. The summed E-state index contributed by atoms with van der Waals surface area (Å²) in [5.74, 6) is -1.75. The standard InChI is InChI=1S/C27H29N3O6S/c1-19-9-8-12-22(17-19)37(34,35)28-16-15-26(32)36-18-25(31)30-24-14-7-6-13-23(24)27(33)29-20(2)21-10-4-3-5-11-21/h3-14,17,20,28H,15-16,18H2,1-2H3,(H,29,33)(H,30,31)/t20-/m0/s1. The summed E-state index contributed by atoms with van der Waals surface area (Å²) in [6.07, 6.45) is -0.255. The number of rotatable bonds is 11. The van der Waals surface area contributed by atoms with Gasteiger partial charge in [-0.1, -0.05) is 54.6 Å². The quantitative estimate of drug-likeness (QED) is 0.331. The first-order valence-corrected chi connectivity index (χ1v) is 13.1. The van der Waals surface area contributed by atoms with Crippen LogP contribution in [0.15, 0.2) is 83.8 Å². The van der Waals surface area contributed by atoms with Crippen molar-refractivity contribution in [1.29, 1.82) is 0 Å². The van der Waals surface area contributed by atoms with Crippen LogP contribution in [0.25, 0.3) is 0 Å². The molecule has 0 aliphatic rings. The fraction of sp³-hybridized carbons (Fsp3) is 0.222. The molecule has 0 heterocycles. The van der Waals surface area contributed by atoms with Gasteiger partial charge in [0.25, 0.3) is 11.8 Å². The van der Waals surface area contributed by atoms with E-state index >= 15 is 0 Å². The molecule has 0 aliphatic carbocycles. The number of aryl methyl sites for hydroxylation is 1. The van der Waals surface area contributed by atoms with Gasteiger partial charge in [0, 0.05) is 6.54 Å². The molecule has 0 aromatic heterocycles. The van der Waals surface area contributed by atoms with Crippen molar-refractivity contribution in [2.45, 2.75) is 31.2 Å². The van der Waals surface area contributed by atoms with E-state index in [4.69, 9.17) is 4.74 Å². The maximum atomic E-state index is 12.8. The molecular formula is C27H29N3O6S. The molecule has 0 saturated carbocycles. The highest BCUT2D eigenvalue weighted by Crippen LogP contribution is 2.18. The third kappa shape index (κ3) is 8.26. The molecule has 0 radical (unpaired) electrons. The van der Waals surface area contributed by atoms with E-state index < -0.39 is 28.5 Å². The first-order chi connectivity index (χ1) is 17.7. The van der Waals surface area contributed by atoms with E-state index in [0.717, 1.165) is 11.1 Å². The number of ether oxygens (including phenoxy) is 1. The first-order valence-electron chi connectivity index (χ1n) is 11.6. The Morgan fingerprint density at radius 2 is 1.62 bits per heavy atom. The van der Waals surface area contributed by atoms with Crippen LogP contribution in [0.3, 0.4) is 0 Å². The lowest BCUT2D eigenvalue weighted by Gasteiger charge is -2.16. The summed E-state index contributed by atoms with van der Waals surface area (Å²) in [4.78, 5) is 37.3. The molecule has 0 fully saturated rings. The number of hydrogen-bond acceptors (Lipinski definition) is 6. The second-order valence-corrected chi connectivity index (χ2v) is 10.1. The molecule has 0 saturated heterocycles. The topological polar surface area (TPSA) is 131 Å². The molecule has 1 atom stereocenters. The number of sulfonamides is 1. The van der Waals surface area contributed by atoms with Crippen LogP contribution < -0.4 is 15.4 Å². The number of para-hydroxylation sites is 1. The molecule has 9 nitrogen and oxygen atoms in total. The summed E-state index contributed by atoms with van der Waals surface area (Å²) in [6, 6.07) is 22.1. The van der Waals surface area contributed by atoms with Gasteiger partial charge >= 0.3 is 5.97 Å². The Bertz CT molecular complexity index is 1360. The summed E-state index contributed by atoms with van der Waals surface area (Å²) in [6.45, 7) is 2.87. The van der Waals surface area contributed by atoms with Gasteiger partial charge in [0.15, 0.2) is 6.61 Å². The summed E-state index contributed by atoms with van der Waals surface area (Å²) >= 11 is 0. The Morgan fingerprint density at radius 1 is 0.919 bits per heavy atom. The van der Waals surface area contributed by atoms with E-state index in [9.17, 15) is 22.8 Å². The third-order valence-corrected chi connectivity index (χ3v) is 6.84. The molecule has 194 valence electrons. The van der Waals surface area contributed by atoms with Crippen LogP contribution in [0.2, 0.25) is 0 Å². The number of esters is 1. The largest absolute Gasteiger partial charge is 0.456 e. The molecule has 2 amide bonds. The zero-order valence-corrected chi connectivity index (χ0v) is 21.4. The van der Waals surface area contributed by atoms with Crippen molar-refractivity contribution in [2.75, 3.05) is 18.5 Å². The third-order valence-electron chi connectivity index (χ3n) is 5.38. The number of benzene rings is 3. The zero-order chi connectivity index (χ0) is 26.8. The highest BCUT2D eigenvalue weighted by Gasteiger charge is 2.18. The van der Waals surface area contributed by atoms with E-state index in [1.54, 1.807) is 43.3 Å². The van der Waals surface area contributed by atoms with Crippen molar-refractivity contribution in [3.05, 3.63) is 95.6 Å². The van der Waals surface area contributed by atoms with Crippen LogP contribution in [-0.2, 0) is 24.3 Å². The SMILES string of the molecule is Cc1cccc(S(=O)(=O)NCCC(=O)OCC(=O)Nc2ccccc2C(=O)N[C@@H](C)c2ccccc2)c1. The van der Waals surface area contributed by atoms with Gasteiger partial charge < -0.3 is 15.4 Å². The van der Waals surface area contributed by atoms with Crippen LogP contribution in [0.1, 0.15) is 40.9 Å². The molecule has 3 aromatic rings. The minimum absolute atomic E-state index is 0.0982. The molecule has 37 heavy (non-hydrogen) atoms. The van der Waals surface area contributed by atoms with Crippen molar-refractivity contribution in [3.8, 4) is 0 Å². The van der Waals surface area contributed by atoms with E-state index in [0.29, 0.717) is 0 Å². The number of carbonyl (C=O) groups excluding carboxylic acids is 3. The summed E-state index contributed by atoms with van der Waals surface area (Å²) in [5, 5.41) is 5.47. The molecule has 0 unspecified atom stereocenters. The lowest BCUT2D eigenvalue weighted by Crippen LogP contribution is -2.29. The Hall–Kier alpha value is -4.02. The molecule has 0 spiro atoms. The highest BCUT2D eigenvalue weighted by atomic mass is 32.2.